The quantitative estimate of drug-likeness (QED) is 0.446. The maximum atomic E-state index is 11.9. The zero-order valence-corrected chi connectivity index (χ0v) is 16.6. The van der Waals surface area contributed by atoms with E-state index in [9.17, 15) is 4.79 Å². The first-order valence-electron chi connectivity index (χ1n) is 10.0. The Morgan fingerprint density at radius 2 is 2.00 bits per heavy atom. The normalized spacial score (nSPS) is 14.6. The number of aromatic amines is 1. The van der Waals surface area contributed by atoms with Gasteiger partial charge in [-0.3, -0.25) is 9.79 Å². The molecule has 1 fully saturated rings. The Morgan fingerprint density at radius 3 is 2.72 bits per heavy atom. The van der Waals surface area contributed by atoms with Gasteiger partial charge in [0.25, 0.3) is 0 Å². The van der Waals surface area contributed by atoms with E-state index in [1.54, 1.807) is 7.05 Å². The van der Waals surface area contributed by atoms with Crippen molar-refractivity contribution in [1.82, 2.24) is 20.6 Å². The maximum Gasteiger partial charge on any atom is 0.227 e. The van der Waals surface area contributed by atoms with Gasteiger partial charge in [-0.2, -0.15) is 0 Å². The van der Waals surface area contributed by atoms with Crippen LogP contribution in [0.2, 0.25) is 0 Å². The van der Waals surface area contributed by atoms with E-state index >= 15 is 0 Å². The summed E-state index contributed by atoms with van der Waals surface area (Å²) in [6.07, 6.45) is 2.38. The van der Waals surface area contributed by atoms with Gasteiger partial charge in [-0.05, 0) is 36.2 Å². The third kappa shape index (κ3) is 4.56. The fourth-order valence-corrected chi connectivity index (χ4v) is 3.54. The first-order chi connectivity index (χ1) is 14.2. The molecule has 29 heavy (non-hydrogen) atoms. The lowest BCUT2D eigenvalue weighted by atomic mass is 10.2. The van der Waals surface area contributed by atoms with Crippen molar-refractivity contribution in [1.29, 1.82) is 0 Å². The number of hydrogen-bond acceptors (Lipinski definition) is 3. The zero-order chi connectivity index (χ0) is 20.1. The van der Waals surface area contributed by atoms with E-state index in [1.807, 2.05) is 41.3 Å². The third-order valence-corrected chi connectivity index (χ3v) is 5.10. The molecule has 1 aromatic heterocycles. The number of benzene rings is 2. The van der Waals surface area contributed by atoms with Gasteiger partial charge in [0.05, 0.1) is 11.0 Å². The Bertz CT molecular complexity index is 975. The molecule has 3 aromatic rings. The summed E-state index contributed by atoms with van der Waals surface area (Å²) >= 11 is 0. The van der Waals surface area contributed by atoms with E-state index in [4.69, 9.17) is 0 Å². The van der Waals surface area contributed by atoms with Crippen molar-refractivity contribution < 1.29 is 4.79 Å². The summed E-state index contributed by atoms with van der Waals surface area (Å²) in [5, 5.41) is 6.64. The van der Waals surface area contributed by atoms with Crippen molar-refractivity contribution in [2.75, 3.05) is 25.0 Å². The minimum atomic E-state index is 0.213. The lowest BCUT2D eigenvalue weighted by Gasteiger charge is -2.16. The van der Waals surface area contributed by atoms with E-state index in [-0.39, 0.29) is 5.91 Å². The van der Waals surface area contributed by atoms with Crippen molar-refractivity contribution in [2.24, 2.45) is 4.99 Å². The smallest absolute Gasteiger partial charge is 0.227 e. The second kappa shape index (κ2) is 8.77. The molecular formula is C22H26N6O. The molecule has 2 heterocycles. The fraction of sp³-hybridized carbons (Fsp3) is 0.318. The average Bonchev–Trinajstić information content (AvgIpc) is 3.36. The molecular weight excluding hydrogens is 364 g/mol. The summed E-state index contributed by atoms with van der Waals surface area (Å²) in [6, 6.07) is 16.2. The second-order valence-corrected chi connectivity index (χ2v) is 7.12. The second-order valence-electron chi connectivity index (χ2n) is 7.12. The molecule has 0 unspecified atom stereocenters. The van der Waals surface area contributed by atoms with Gasteiger partial charge in [-0.25, -0.2) is 4.98 Å². The number of aliphatic imine (C=N–C) groups is 1. The lowest BCUT2D eigenvalue weighted by Crippen LogP contribution is -2.37. The SMILES string of the molecule is CN=C(NCCc1nc2ccccc2[nH]1)NCc1ccc(N2CCCC2=O)cc1. The standard InChI is InChI=1S/C22H26N6O/c1-23-22(24-13-12-20-26-18-5-2-3-6-19(18)27-20)25-15-16-8-10-17(11-9-16)28-14-4-7-21(28)29/h2-3,5-6,8-11H,4,7,12-15H2,1H3,(H,26,27)(H2,23,24,25). The summed E-state index contributed by atoms with van der Waals surface area (Å²) in [7, 11) is 1.76. The predicted molar refractivity (Wildman–Crippen MR) is 116 cm³/mol. The van der Waals surface area contributed by atoms with Gasteiger partial charge in [0.2, 0.25) is 5.91 Å². The molecule has 7 nitrogen and oxygen atoms in total. The molecule has 2 aromatic carbocycles. The minimum Gasteiger partial charge on any atom is -0.356 e. The number of hydrogen-bond donors (Lipinski definition) is 3. The van der Waals surface area contributed by atoms with Crippen LogP contribution < -0.4 is 15.5 Å². The molecule has 0 aliphatic carbocycles. The highest BCUT2D eigenvalue weighted by Crippen LogP contribution is 2.21. The minimum absolute atomic E-state index is 0.213. The Morgan fingerprint density at radius 1 is 1.17 bits per heavy atom. The number of H-pyrrole nitrogens is 1. The van der Waals surface area contributed by atoms with Crippen LogP contribution in [-0.4, -0.2) is 42.0 Å². The number of nitrogens with one attached hydrogen (secondary N) is 3. The van der Waals surface area contributed by atoms with Crippen LogP contribution in [0.4, 0.5) is 5.69 Å². The number of guanidine groups is 1. The fourth-order valence-electron chi connectivity index (χ4n) is 3.54. The van der Waals surface area contributed by atoms with Crippen molar-refractivity contribution in [2.45, 2.75) is 25.8 Å². The largest absolute Gasteiger partial charge is 0.356 e. The van der Waals surface area contributed by atoms with Gasteiger partial charge < -0.3 is 20.5 Å². The molecule has 0 spiro atoms. The molecule has 0 saturated carbocycles. The third-order valence-electron chi connectivity index (χ3n) is 5.10. The number of para-hydroxylation sites is 2. The number of carbonyl (C=O) groups is 1. The first kappa shape index (κ1) is 19.0. The first-order valence-corrected chi connectivity index (χ1v) is 10.0. The Kier molecular flexibility index (Phi) is 5.74. The molecule has 1 aliphatic rings. The number of carbonyl (C=O) groups excluding carboxylic acids is 1. The number of amides is 1. The van der Waals surface area contributed by atoms with Gasteiger partial charge in [0.1, 0.15) is 5.82 Å². The van der Waals surface area contributed by atoms with Crippen molar-refractivity contribution >= 4 is 28.6 Å². The van der Waals surface area contributed by atoms with Crippen LogP contribution in [0.25, 0.3) is 11.0 Å². The Labute approximate surface area is 170 Å². The van der Waals surface area contributed by atoms with Crippen molar-refractivity contribution in [3.63, 3.8) is 0 Å². The van der Waals surface area contributed by atoms with Crippen LogP contribution in [-0.2, 0) is 17.8 Å². The van der Waals surface area contributed by atoms with Gasteiger partial charge in [0.15, 0.2) is 5.96 Å². The molecule has 0 atom stereocenters. The zero-order valence-electron chi connectivity index (χ0n) is 16.6. The van der Waals surface area contributed by atoms with Crippen LogP contribution in [0.15, 0.2) is 53.5 Å². The number of aromatic nitrogens is 2. The molecule has 1 amide bonds. The van der Waals surface area contributed by atoms with Crippen LogP contribution in [0.5, 0.6) is 0 Å². The molecule has 0 bridgehead atoms. The number of imidazole rings is 1. The van der Waals surface area contributed by atoms with Crippen molar-refractivity contribution in [3.8, 4) is 0 Å². The summed E-state index contributed by atoms with van der Waals surface area (Å²) in [6.45, 7) is 2.21. The number of anilines is 1. The van der Waals surface area contributed by atoms with E-state index in [0.717, 1.165) is 60.0 Å². The van der Waals surface area contributed by atoms with Crippen LogP contribution in [0, 0.1) is 0 Å². The Balaban J connectivity index is 1.25. The lowest BCUT2D eigenvalue weighted by molar-refractivity contribution is -0.117. The van der Waals surface area contributed by atoms with E-state index in [1.165, 1.54) is 0 Å². The predicted octanol–water partition coefficient (Wildman–Crippen LogP) is 2.60. The highest BCUT2D eigenvalue weighted by atomic mass is 16.2. The summed E-state index contributed by atoms with van der Waals surface area (Å²) in [5.74, 6) is 1.92. The van der Waals surface area contributed by atoms with E-state index in [2.05, 4.69) is 37.7 Å². The monoisotopic (exact) mass is 390 g/mol. The van der Waals surface area contributed by atoms with E-state index in [0.29, 0.717) is 13.0 Å². The number of fused-ring (bicyclic) bond motifs is 1. The molecule has 1 saturated heterocycles. The topological polar surface area (TPSA) is 85.4 Å². The molecule has 150 valence electrons. The van der Waals surface area contributed by atoms with Gasteiger partial charge in [0, 0.05) is 45.2 Å². The summed E-state index contributed by atoms with van der Waals surface area (Å²) in [4.78, 5) is 25.9. The van der Waals surface area contributed by atoms with Crippen molar-refractivity contribution in [3.05, 3.63) is 59.9 Å². The molecule has 4 rings (SSSR count). The number of nitrogens with zero attached hydrogens (tertiary/aromatic N) is 3. The molecule has 7 heteroatoms. The van der Waals surface area contributed by atoms with Crippen LogP contribution in [0.1, 0.15) is 24.2 Å². The molecule has 0 radical (unpaired) electrons. The highest BCUT2D eigenvalue weighted by Gasteiger charge is 2.21. The van der Waals surface area contributed by atoms with Crippen LogP contribution >= 0.6 is 0 Å². The number of rotatable bonds is 6. The van der Waals surface area contributed by atoms with Gasteiger partial charge in [-0.1, -0.05) is 24.3 Å². The van der Waals surface area contributed by atoms with Crippen LogP contribution in [0.3, 0.4) is 0 Å². The van der Waals surface area contributed by atoms with Gasteiger partial charge >= 0.3 is 0 Å². The average molecular weight is 390 g/mol. The molecule has 3 N–H and O–H groups in total. The molecule has 1 aliphatic heterocycles. The summed E-state index contributed by atoms with van der Waals surface area (Å²) < 4.78 is 0. The Hall–Kier alpha value is -3.35. The summed E-state index contributed by atoms with van der Waals surface area (Å²) in [5.41, 5.74) is 4.17. The maximum absolute atomic E-state index is 11.9. The highest BCUT2D eigenvalue weighted by molar-refractivity contribution is 5.95. The van der Waals surface area contributed by atoms with Gasteiger partial charge in [-0.15, -0.1) is 0 Å². The van der Waals surface area contributed by atoms with E-state index < -0.39 is 0 Å².